The smallest absolute Gasteiger partial charge is 0.0441 e. The molecule has 0 aliphatic rings. The van der Waals surface area contributed by atoms with Gasteiger partial charge in [0.25, 0.3) is 0 Å². The molecule has 2 nitrogen and oxygen atoms in total. The standard InChI is InChI=1S/C13H26N2/c1-7-8-13(14)12(6)15-11(5)10(4)9(2)3/h9-10,13,15H,5-8,14H2,1-4H3. The summed E-state index contributed by atoms with van der Waals surface area (Å²) in [6.07, 6.45) is 2.04. The van der Waals surface area contributed by atoms with Gasteiger partial charge >= 0.3 is 0 Å². The molecule has 0 spiro atoms. The lowest BCUT2D eigenvalue weighted by molar-refractivity contribution is 0.458. The fourth-order valence-electron chi connectivity index (χ4n) is 1.30. The van der Waals surface area contributed by atoms with Crippen molar-refractivity contribution in [3.63, 3.8) is 0 Å². The second-order valence-corrected chi connectivity index (χ2v) is 4.60. The molecule has 0 aromatic heterocycles. The largest absolute Gasteiger partial charge is 0.362 e. The van der Waals surface area contributed by atoms with Gasteiger partial charge in [-0.05, 0) is 18.3 Å². The van der Waals surface area contributed by atoms with Crippen molar-refractivity contribution in [3.05, 3.63) is 24.6 Å². The first-order valence-corrected chi connectivity index (χ1v) is 5.80. The van der Waals surface area contributed by atoms with Crippen LogP contribution in [-0.2, 0) is 0 Å². The molecule has 0 heterocycles. The summed E-state index contributed by atoms with van der Waals surface area (Å²) in [5, 5.41) is 3.23. The van der Waals surface area contributed by atoms with E-state index >= 15 is 0 Å². The van der Waals surface area contributed by atoms with Gasteiger partial charge in [-0.2, -0.15) is 0 Å². The summed E-state index contributed by atoms with van der Waals surface area (Å²) >= 11 is 0. The molecule has 0 aromatic rings. The molecule has 88 valence electrons. The van der Waals surface area contributed by atoms with Crippen LogP contribution in [0, 0.1) is 11.8 Å². The molecule has 2 heteroatoms. The van der Waals surface area contributed by atoms with Crippen molar-refractivity contribution >= 4 is 0 Å². The number of rotatable bonds is 7. The molecule has 0 fully saturated rings. The SMILES string of the molecule is C=C(NC(=C)C(C)C(C)C)C(N)CCC. The van der Waals surface area contributed by atoms with Crippen LogP contribution < -0.4 is 11.1 Å². The Balaban J connectivity index is 4.12. The van der Waals surface area contributed by atoms with Gasteiger partial charge < -0.3 is 11.1 Å². The van der Waals surface area contributed by atoms with Crippen molar-refractivity contribution < 1.29 is 0 Å². The lowest BCUT2D eigenvalue weighted by atomic mass is 9.95. The minimum absolute atomic E-state index is 0.0334. The highest BCUT2D eigenvalue weighted by Crippen LogP contribution is 2.17. The molecule has 0 aromatic carbocycles. The van der Waals surface area contributed by atoms with Crippen molar-refractivity contribution in [2.75, 3.05) is 0 Å². The topological polar surface area (TPSA) is 38.0 Å². The summed E-state index contributed by atoms with van der Waals surface area (Å²) in [4.78, 5) is 0. The Bertz CT molecular complexity index is 219. The second kappa shape index (κ2) is 6.67. The summed E-state index contributed by atoms with van der Waals surface area (Å²) in [5.41, 5.74) is 7.85. The monoisotopic (exact) mass is 210 g/mol. The summed E-state index contributed by atoms with van der Waals surface area (Å²) in [6.45, 7) is 16.7. The Morgan fingerprint density at radius 2 is 1.73 bits per heavy atom. The van der Waals surface area contributed by atoms with Crippen LogP contribution >= 0.6 is 0 Å². The molecule has 0 aliphatic carbocycles. The molecule has 2 atom stereocenters. The molecule has 3 N–H and O–H groups in total. The third kappa shape index (κ3) is 5.03. The summed E-state index contributed by atoms with van der Waals surface area (Å²) < 4.78 is 0. The van der Waals surface area contributed by atoms with Gasteiger partial charge in [0.2, 0.25) is 0 Å². The maximum absolute atomic E-state index is 5.95. The maximum atomic E-state index is 5.95. The average molecular weight is 210 g/mol. The summed E-state index contributed by atoms with van der Waals surface area (Å²) in [6, 6.07) is 0.0334. The minimum atomic E-state index is 0.0334. The number of hydrogen-bond donors (Lipinski definition) is 2. The van der Waals surface area contributed by atoms with Gasteiger partial charge in [0.05, 0.1) is 0 Å². The third-order valence-corrected chi connectivity index (χ3v) is 2.92. The van der Waals surface area contributed by atoms with Gasteiger partial charge in [0.1, 0.15) is 0 Å². The molecule has 2 unspecified atom stereocenters. The van der Waals surface area contributed by atoms with E-state index in [0.717, 1.165) is 24.2 Å². The molecular weight excluding hydrogens is 184 g/mol. The van der Waals surface area contributed by atoms with Crippen LogP contribution in [0.4, 0.5) is 0 Å². The lowest BCUT2D eigenvalue weighted by Gasteiger charge is -2.23. The van der Waals surface area contributed by atoms with Crippen molar-refractivity contribution in [1.29, 1.82) is 0 Å². The highest BCUT2D eigenvalue weighted by atomic mass is 14.9. The van der Waals surface area contributed by atoms with Crippen LogP contribution in [0.1, 0.15) is 40.5 Å². The fourth-order valence-corrected chi connectivity index (χ4v) is 1.30. The third-order valence-electron chi connectivity index (χ3n) is 2.92. The first-order valence-electron chi connectivity index (χ1n) is 5.80. The molecule has 0 saturated carbocycles. The van der Waals surface area contributed by atoms with Gasteiger partial charge in [-0.3, -0.25) is 0 Å². The zero-order valence-electron chi connectivity index (χ0n) is 10.6. The van der Waals surface area contributed by atoms with Crippen LogP contribution in [0.2, 0.25) is 0 Å². The Morgan fingerprint density at radius 3 is 2.13 bits per heavy atom. The van der Waals surface area contributed by atoms with Gasteiger partial charge in [-0.25, -0.2) is 0 Å². The first kappa shape index (κ1) is 14.2. The summed E-state index contributed by atoms with van der Waals surface area (Å²) in [5.74, 6) is 1.02. The van der Waals surface area contributed by atoms with E-state index < -0.39 is 0 Å². The van der Waals surface area contributed by atoms with Crippen molar-refractivity contribution in [1.82, 2.24) is 5.32 Å². The lowest BCUT2D eigenvalue weighted by Crippen LogP contribution is -2.32. The fraction of sp³-hybridized carbons (Fsp3) is 0.692. The molecule has 0 rings (SSSR count). The van der Waals surface area contributed by atoms with E-state index in [0.29, 0.717) is 11.8 Å². The molecule has 0 bridgehead atoms. The molecule has 0 amide bonds. The Morgan fingerprint density at radius 1 is 1.20 bits per heavy atom. The van der Waals surface area contributed by atoms with E-state index in [1.807, 2.05) is 0 Å². The number of hydrogen-bond acceptors (Lipinski definition) is 2. The van der Waals surface area contributed by atoms with Crippen molar-refractivity contribution in [2.45, 2.75) is 46.6 Å². The Labute approximate surface area is 94.6 Å². The number of nitrogens with two attached hydrogens (primary N) is 1. The predicted octanol–water partition coefficient (Wildman–Crippen LogP) is 3.02. The van der Waals surface area contributed by atoms with Crippen LogP contribution in [0.25, 0.3) is 0 Å². The minimum Gasteiger partial charge on any atom is -0.362 e. The Hall–Kier alpha value is -0.760. The normalized spacial score (nSPS) is 14.8. The number of allylic oxidation sites excluding steroid dienone is 1. The zero-order valence-corrected chi connectivity index (χ0v) is 10.6. The molecular formula is C13H26N2. The molecule has 15 heavy (non-hydrogen) atoms. The van der Waals surface area contributed by atoms with Crippen LogP contribution in [0.5, 0.6) is 0 Å². The molecule has 0 saturated heterocycles. The van der Waals surface area contributed by atoms with Gasteiger partial charge in [-0.15, -0.1) is 0 Å². The quantitative estimate of drug-likeness (QED) is 0.678. The van der Waals surface area contributed by atoms with E-state index in [-0.39, 0.29) is 6.04 Å². The zero-order chi connectivity index (χ0) is 12.0. The van der Waals surface area contributed by atoms with E-state index in [4.69, 9.17) is 5.73 Å². The maximum Gasteiger partial charge on any atom is 0.0441 e. The van der Waals surface area contributed by atoms with Crippen LogP contribution in [-0.4, -0.2) is 6.04 Å². The van der Waals surface area contributed by atoms with Gasteiger partial charge in [-0.1, -0.05) is 47.3 Å². The molecule has 0 radical (unpaired) electrons. The predicted molar refractivity (Wildman–Crippen MR) is 68.3 cm³/mol. The van der Waals surface area contributed by atoms with E-state index in [2.05, 4.69) is 46.2 Å². The highest BCUT2D eigenvalue weighted by Gasteiger charge is 2.13. The highest BCUT2D eigenvalue weighted by molar-refractivity contribution is 5.12. The number of nitrogens with one attached hydrogen (secondary N) is 1. The van der Waals surface area contributed by atoms with E-state index in [1.54, 1.807) is 0 Å². The van der Waals surface area contributed by atoms with Crippen molar-refractivity contribution in [3.8, 4) is 0 Å². The Kier molecular flexibility index (Phi) is 6.34. The second-order valence-electron chi connectivity index (χ2n) is 4.60. The van der Waals surface area contributed by atoms with E-state index in [9.17, 15) is 0 Å². The van der Waals surface area contributed by atoms with E-state index in [1.165, 1.54) is 0 Å². The van der Waals surface area contributed by atoms with Crippen LogP contribution in [0.3, 0.4) is 0 Å². The van der Waals surface area contributed by atoms with Gasteiger partial charge in [0.15, 0.2) is 0 Å². The summed E-state index contributed by atoms with van der Waals surface area (Å²) in [7, 11) is 0. The van der Waals surface area contributed by atoms with Gasteiger partial charge in [0, 0.05) is 17.4 Å². The average Bonchev–Trinajstić information content (AvgIpc) is 2.16. The van der Waals surface area contributed by atoms with Crippen LogP contribution in [0.15, 0.2) is 24.6 Å². The van der Waals surface area contributed by atoms with Crippen molar-refractivity contribution in [2.24, 2.45) is 17.6 Å². The molecule has 0 aliphatic heterocycles. The first-order chi connectivity index (χ1) is 6.90.